The van der Waals surface area contributed by atoms with Crippen LogP contribution < -0.4 is 0 Å². The molecule has 0 N–H and O–H groups in total. The molecular weight excluding hydrogens is 184 g/mol. The Balaban J connectivity index is 2.34. The lowest BCUT2D eigenvalue weighted by Gasteiger charge is -2.18. The van der Waals surface area contributed by atoms with E-state index < -0.39 is 0 Å². The van der Waals surface area contributed by atoms with E-state index in [4.69, 9.17) is 0 Å². The maximum absolute atomic E-state index is 11.9. The highest BCUT2D eigenvalue weighted by Crippen LogP contribution is 2.25. The highest BCUT2D eigenvalue weighted by atomic mass is 16.1. The van der Waals surface area contributed by atoms with Crippen LogP contribution in [0, 0.1) is 0 Å². The molecule has 15 heavy (non-hydrogen) atoms. The lowest BCUT2D eigenvalue weighted by Crippen LogP contribution is -2.10. The third-order valence-corrected chi connectivity index (χ3v) is 3.17. The van der Waals surface area contributed by atoms with Crippen LogP contribution in [-0.2, 0) is 12.8 Å². The fourth-order valence-electron chi connectivity index (χ4n) is 2.40. The summed E-state index contributed by atoms with van der Waals surface area (Å²) >= 11 is 0. The van der Waals surface area contributed by atoms with Crippen LogP contribution in [0.2, 0.25) is 0 Å². The van der Waals surface area contributed by atoms with E-state index >= 15 is 0 Å². The number of benzene rings is 1. The Bertz CT molecular complexity index is 366. The average Bonchev–Trinajstić information content (AvgIpc) is 2.28. The lowest BCUT2D eigenvalue weighted by molar-refractivity contribution is 0.0980. The van der Waals surface area contributed by atoms with Crippen molar-refractivity contribution in [3.8, 4) is 0 Å². The Hall–Kier alpha value is -1.11. The van der Waals surface area contributed by atoms with Gasteiger partial charge in [-0.25, -0.2) is 0 Å². The van der Waals surface area contributed by atoms with E-state index in [-0.39, 0.29) is 0 Å². The number of rotatable bonds is 3. The first-order valence-electron chi connectivity index (χ1n) is 5.97. The number of Topliss-reactive ketones (excluding diaryl/α,β-unsaturated/α-hetero) is 1. The SMILES string of the molecule is CCCC(=O)c1cccc2c1CCCC2. The zero-order valence-electron chi connectivity index (χ0n) is 9.38. The first-order valence-corrected chi connectivity index (χ1v) is 5.97. The molecule has 0 atom stereocenters. The van der Waals surface area contributed by atoms with E-state index in [1.807, 2.05) is 12.1 Å². The fourth-order valence-corrected chi connectivity index (χ4v) is 2.40. The molecular formula is C14H18O. The molecule has 0 heterocycles. The highest BCUT2D eigenvalue weighted by Gasteiger charge is 2.16. The van der Waals surface area contributed by atoms with Gasteiger partial charge in [-0.2, -0.15) is 0 Å². The molecule has 1 heteroatoms. The van der Waals surface area contributed by atoms with E-state index in [1.54, 1.807) is 0 Å². The van der Waals surface area contributed by atoms with Crippen LogP contribution >= 0.6 is 0 Å². The van der Waals surface area contributed by atoms with E-state index in [0.717, 1.165) is 24.8 Å². The number of aryl methyl sites for hydroxylation is 1. The van der Waals surface area contributed by atoms with Crippen molar-refractivity contribution >= 4 is 5.78 Å². The van der Waals surface area contributed by atoms with Crippen molar-refractivity contribution in [3.63, 3.8) is 0 Å². The monoisotopic (exact) mass is 202 g/mol. The summed E-state index contributed by atoms with van der Waals surface area (Å²) < 4.78 is 0. The van der Waals surface area contributed by atoms with Crippen LogP contribution in [0.15, 0.2) is 18.2 Å². The zero-order valence-corrected chi connectivity index (χ0v) is 9.38. The summed E-state index contributed by atoms with van der Waals surface area (Å²) in [5.74, 6) is 0.330. The third-order valence-electron chi connectivity index (χ3n) is 3.17. The number of fused-ring (bicyclic) bond motifs is 1. The van der Waals surface area contributed by atoms with Gasteiger partial charge in [0.15, 0.2) is 5.78 Å². The van der Waals surface area contributed by atoms with Crippen molar-refractivity contribution in [2.45, 2.75) is 45.4 Å². The molecule has 0 fully saturated rings. The molecule has 80 valence electrons. The van der Waals surface area contributed by atoms with Crippen molar-refractivity contribution in [1.82, 2.24) is 0 Å². The maximum Gasteiger partial charge on any atom is 0.163 e. The molecule has 0 radical (unpaired) electrons. The number of hydrogen-bond donors (Lipinski definition) is 0. The Kier molecular flexibility index (Phi) is 3.20. The second-order valence-electron chi connectivity index (χ2n) is 4.32. The second-order valence-corrected chi connectivity index (χ2v) is 4.32. The van der Waals surface area contributed by atoms with Crippen molar-refractivity contribution in [3.05, 3.63) is 34.9 Å². The predicted octanol–water partition coefficient (Wildman–Crippen LogP) is 3.55. The summed E-state index contributed by atoms with van der Waals surface area (Å²) in [6.45, 7) is 2.06. The number of hydrogen-bond acceptors (Lipinski definition) is 1. The first-order chi connectivity index (χ1) is 7.33. The molecule has 0 aromatic heterocycles. The normalized spacial score (nSPS) is 14.7. The van der Waals surface area contributed by atoms with E-state index in [0.29, 0.717) is 12.2 Å². The largest absolute Gasteiger partial charge is 0.294 e. The quantitative estimate of drug-likeness (QED) is 0.685. The highest BCUT2D eigenvalue weighted by molar-refractivity contribution is 5.97. The van der Waals surface area contributed by atoms with Gasteiger partial charge in [-0.05, 0) is 43.2 Å². The molecule has 0 spiro atoms. The molecule has 0 amide bonds. The topological polar surface area (TPSA) is 17.1 Å². The first kappa shape index (κ1) is 10.4. The zero-order chi connectivity index (χ0) is 10.7. The van der Waals surface area contributed by atoms with E-state index in [1.165, 1.54) is 24.0 Å². The Morgan fingerprint density at radius 2 is 2.07 bits per heavy atom. The molecule has 1 aliphatic carbocycles. The third kappa shape index (κ3) is 2.11. The maximum atomic E-state index is 11.9. The van der Waals surface area contributed by atoms with Crippen LogP contribution in [0.25, 0.3) is 0 Å². The molecule has 0 unspecified atom stereocenters. The summed E-state index contributed by atoms with van der Waals surface area (Å²) in [4.78, 5) is 11.9. The average molecular weight is 202 g/mol. The van der Waals surface area contributed by atoms with Gasteiger partial charge in [0.1, 0.15) is 0 Å². The van der Waals surface area contributed by atoms with Gasteiger partial charge in [0.2, 0.25) is 0 Å². The second kappa shape index (κ2) is 4.61. The number of ketones is 1. The minimum atomic E-state index is 0.330. The van der Waals surface area contributed by atoms with Gasteiger partial charge in [0, 0.05) is 12.0 Å². The molecule has 1 aromatic rings. The lowest BCUT2D eigenvalue weighted by atomic mass is 9.86. The van der Waals surface area contributed by atoms with Crippen molar-refractivity contribution < 1.29 is 4.79 Å². The molecule has 1 nitrogen and oxygen atoms in total. The standard InChI is InChI=1S/C14H18O/c1-2-6-14(15)13-10-5-8-11-7-3-4-9-12(11)13/h5,8,10H,2-4,6-7,9H2,1H3. The molecule has 0 bridgehead atoms. The smallest absolute Gasteiger partial charge is 0.163 e. The summed E-state index contributed by atoms with van der Waals surface area (Å²) in [7, 11) is 0. The molecule has 1 aliphatic rings. The van der Waals surface area contributed by atoms with Crippen LogP contribution in [0.4, 0.5) is 0 Å². The Labute approximate surface area is 91.5 Å². The van der Waals surface area contributed by atoms with Gasteiger partial charge < -0.3 is 0 Å². The van der Waals surface area contributed by atoms with Gasteiger partial charge in [0.25, 0.3) is 0 Å². The van der Waals surface area contributed by atoms with Crippen molar-refractivity contribution in [2.24, 2.45) is 0 Å². The molecule has 0 saturated heterocycles. The number of carbonyl (C=O) groups is 1. The molecule has 2 rings (SSSR count). The Morgan fingerprint density at radius 1 is 1.27 bits per heavy atom. The van der Waals surface area contributed by atoms with Crippen LogP contribution in [-0.4, -0.2) is 5.78 Å². The van der Waals surface area contributed by atoms with Crippen molar-refractivity contribution in [1.29, 1.82) is 0 Å². The van der Waals surface area contributed by atoms with Gasteiger partial charge in [0.05, 0.1) is 0 Å². The Morgan fingerprint density at radius 3 is 2.87 bits per heavy atom. The fraction of sp³-hybridized carbons (Fsp3) is 0.500. The van der Waals surface area contributed by atoms with Gasteiger partial charge in [-0.3, -0.25) is 4.79 Å². The van der Waals surface area contributed by atoms with Crippen LogP contribution in [0.3, 0.4) is 0 Å². The summed E-state index contributed by atoms with van der Waals surface area (Å²) in [6.07, 6.45) is 6.41. The van der Waals surface area contributed by atoms with Crippen LogP contribution in [0.1, 0.15) is 54.1 Å². The van der Waals surface area contributed by atoms with Gasteiger partial charge in [-0.1, -0.05) is 25.1 Å². The summed E-state index contributed by atoms with van der Waals surface area (Å²) in [6, 6.07) is 6.21. The van der Waals surface area contributed by atoms with Crippen molar-refractivity contribution in [2.75, 3.05) is 0 Å². The van der Waals surface area contributed by atoms with Gasteiger partial charge >= 0.3 is 0 Å². The summed E-state index contributed by atoms with van der Waals surface area (Å²) in [5, 5.41) is 0. The van der Waals surface area contributed by atoms with Gasteiger partial charge in [-0.15, -0.1) is 0 Å². The van der Waals surface area contributed by atoms with E-state index in [2.05, 4.69) is 13.0 Å². The molecule has 1 aromatic carbocycles. The summed E-state index contributed by atoms with van der Waals surface area (Å²) in [5.41, 5.74) is 3.74. The predicted molar refractivity (Wildman–Crippen MR) is 62.3 cm³/mol. The van der Waals surface area contributed by atoms with E-state index in [9.17, 15) is 4.79 Å². The minimum absolute atomic E-state index is 0.330. The number of carbonyl (C=O) groups excluding carboxylic acids is 1. The molecule has 0 saturated carbocycles. The minimum Gasteiger partial charge on any atom is -0.294 e. The van der Waals surface area contributed by atoms with Crippen LogP contribution in [0.5, 0.6) is 0 Å². The molecule has 0 aliphatic heterocycles.